The highest BCUT2D eigenvalue weighted by Gasteiger charge is 2.28. The second-order valence-electron chi connectivity index (χ2n) is 9.86. The second-order valence-corrected chi connectivity index (χ2v) is 11.8. The summed E-state index contributed by atoms with van der Waals surface area (Å²) >= 11 is 14.3. The number of aromatic nitrogens is 2. The van der Waals surface area contributed by atoms with E-state index in [2.05, 4.69) is 22.6 Å². The standard InChI is InChI=1S/C31H29Cl2N5O2S/c1-20-6-8-22(9-7-20)10-12-24-13-15-28(41-24)30-25(19-34-21(2)39)29(31(40)36-37-16-4-3-5-17-37)35-38(30)27-14-11-23(32)18-26(27)33/h6-9,11,13-15,18H,3-5,16-17,19H2,1-2H3,(H,34,39)(H,36,40). The Morgan fingerprint density at radius 3 is 2.46 bits per heavy atom. The molecule has 1 aliphatic rings. The van der Waals surface area contributed by atoms with E-state index in [1.807, 2.05) is 48.3 Å². The number of nitrogens with zero attached hydrogens (tertiary/aromatic N) is 3. The molecule has 1 saturated heterocycles. The average Bonchev–Trinajstić information content (AvgIpc) is 3.57. The van der Waals surface area contributed by atoms with E-state index in [1.165, 1.54) is 23.8 Å². The number of carbonyl (C=O) groups excluding carboxylic acids is 2. The minimum atomic E-state index is -0.340. The Hall–Kier alpha value is -3.61. The Labute approximate surface area is 253 Å². The molecule has 7 nitrogen and oxygen atoms in total. The molecule has 0 spiro atoms. The van der Waals surface area contributed by atoms with E-state index in [4.69, 9.17) is 28.3 Å². The normalized spacial score (nSPS) is 13.4. The number of benzene rings is 2. The van der Waals surface area contributed by atoms with Gasteiger partial charge in [-0.25, -0.2) is 9.69 Å². The van der Waals surface area contributed by atoms with E-state index in [0.29, 0.717) is 27.0 Å². The maximum atomic E-state index is 13.6. The zero-order valence-corrected chi connectivity index (χ0v) is 25.1. The largest absolute Gasteiger partial charge is 0.352 e. The van der Waals surface area contributed by atoms with Crippen LogP contribution in [0.3, 0.4) is 0 Å². The fourth-order valence-corrected chi connectivity index (χ4v) is 6.00. The molecule has 0 unspecified atom stereocenters. The monoisotopic (exact) mass is 605 g/mol. The van der Waals surface area contributed by atoms with Gasteiger partial charge in [0, 0.05) is 42.7 Å². The molecular weight excluding hydrogens is 577 g/mol. The summed E-state index contributed by atoms with van der Waals surface area (Å²) in [4.78, 5) is 27.3. The Morgan fingerprint density at radius 2 is 1.76 bits per heavy atom. The number of piperidine rings is 1. The van der Waals surface area contributed by atoms with Crippen molar-refractivity contribution in [3.05, 3.63) is 91.9 Å². The van der Waals surface area contributed by atoms with Crippen LogP contribution >= 0.6 is 34.5 Å². The summed E-state index contributed by atoms with van der Waals surface area (Å²) in [5, 5.41) is 10.4. The lowest BCUT2D eigenvalue weighted by atomic mass is 10.1. The van der Waals surface area contributed by atoms with Crippen molar-refractivity contribution in [3.8, 4) is 28.1 Å². The molecule has 2 N–H and O–H groups in total. The molecule has 2 aromatic carbocycles. The van der Waals surface area contributed by atoms with Crippen molar-refractivity contribution in [2.45, 2.75) is 39.7 Å². The Morgan fingerprint density at radius 1 is 1.00 bits per heavy atom. The van der Waals surface area contributed by atoms with Crippen LogP contribution in [0.2, 0.25) is 10.0 Å². The molecule has 0 saturated carbocycles. The second kappa shape index (κ2) is 12.9. The summed E-state index contributed by atoms with van der Waals surface area (Å²) in [6.07, 6.45) is 3.17. The molecule has 1 aliphatic heterocycles. The number of rotatable bonds is 6. The lowest BCUT2D eigenvalue weighted by Crippen LogP contribution is -2.45. The van der Waals surface area contributed by atoms with Gasteiger partial charge in [-0.1, -0.05) is 59.2 Å². The van der Waals surface area contributed by atoms with Crippen LogP contribution < -0.4 is 10.7 Å². The molecule has 1 fully saturated rings. The third kappa shape index (κ3) is 7.00. The maximum absolute atomic E-state index is 13.6. The van der Waals surface area contributed by atoms with Crippen molar-refractivity contribution in [1.82, 2.24) is 25.5 Å². The highest BCUT2D eigenvalue weighted by Crippen LogP contribution is 2.36. The molecule has 3 heterocycles. The number of amides is 2. The SMILES string of the molecule is CC(=O)NCc1c(C(=O)NN2CCCCC2)nn(-c2ccc(Cl)cc2Cl)c1-c1ccc(C#Cc2ccc(C)cc2)s1. The molecule has 0 radical (unpaired) electrons. The minimum Gasteiger partial charge on any atom is -0.352 e. The summed E-state index contributed by atoms with van der Waals surface area (Å²) in [5.74, 6) is 5.90. The fourth-order valence-electron chi connectivity index (χ4n) is 4.60. The van der Waals surface area contributed by atoms with Crippen LogP contribution in [-0.4, -0.2) is 39.7 Å². The third-order valence-electron chi connectivity index (χ3n) is 6.69. The molecule has 41 heavy (non-hydrogen) atoms. The molecule has 0 bridgehead atoms. The van der Waals surface area contributed by atoms with Crippen LogP contribution in [0.1, 0.15) is 58.2 Å². The molecule has 0 aliphatic carbocycles. The zero-order chi connectivity index (χ0) is 28.9. The Balaban J connectivity index is 1.61. The van der Waals surface area contributed by atoms with Gasteiger partial charge in [-0.2, -0.15) is 5.10 Å². The quantitative estimate of drug-likeness (QED) is 0.250. The number of hydrazine groups is 1. The number of thiophene rings is 1. The van der Waals surface area contributed by atoms with Crippen molar-refractivity contribution in [2.24, 2.45) is 0 Å². The van der Waals surface area contributed by atoms with E-state index in [9.17, 15) is 9.59 Å². The number of aryl methyl sites for hydroxylation is 1. The van der Waals surface area contributed by atoms with Gasteiger partial charge in [0.25, 0.3) is 5.91 Å². The summed E-state index contributed by atoms with van der Waals surface area (Å²) < 4.78 is 1.66. The summed E-state index contributed by atoms with van der Waals surface area (Å²) in [7, 11) is 0. The van der Waals surface area contributed by atoms with Crippen LogP contribution in [0.15, 0.2) is 54.6 Å². The highest BCUT2D eigenvalue weighted by molar-refractivity contribution is 7.16. The van der Waals surface area contributed by atoms with Crippen molar-refractivity contribution in [3.63, 3.8) is 0 Å². The molecule has 210 valence electrons. The first-order valence-electron chi connectivity index (χ1n) is 13.3. The van der Waals surface area contributed by atoms with Gasteiger partial charge in [-0.3, -0.25) is 15.0 Å². The van der Waals surface area contributed by atoms with Gasteiger partial charge < -0.3 is 5.32 Å². The number of carbonyl (C=O) groups is 2. The van der Waals surface area contributed by atoms with Gasteiger partial charge in [-0.05, 0) is 62.2 Å². The topological polar surface area (TPSA) is 79.3 Å². The van der Waals surface area contributed by atoms with Crippen molar-refractivity contribution >= 4 is 46.4 Å². The first-order chi connectivity index (χ1) is 19.8. The van der Waals surface area contributed by atoms with Crippen molar-refractivity contribution in [1.29, 1.82) is 0 Å². The number of hydrogen-bond acceptors (Lipinski definition) is 5. The zero-order valence-electron chi connectivity index (χ0n) is 22.8. The van der Waals surface area contributed by atoms with Crippen LogP contribution in [0, 0.1) is 18.8 Å². The smallest absolute Gasteiger partial charge is 0.286 e. The molecule has 2 aromatic heterocycles. The van der Waals surface area contributed by atoms with Crippen LogP contribution in [0.25, 0.3) is 16.3 Å². The van der Waals surface area contributed by atoms with E-state index in [-0.39, 0.29) is 24.1 Å². The molecule has 0 atom stereocenters. The first kappa shape index (κ1) is 28.9. The highest BCUT2D eigenvalue weighted by atomic mass is 35.5. The van der Waals surface area contributed by atoms with E-state index in [1.54, 1.807) is 22.9 Å². The fraction of sp³-hybridized carbons (Fsp3) is 0.258. The van der Waals surface area contributed by atoms with Crippen LogP contribution in [-0.2, 0) is 11.3 Å². The third-order valence-corrected chi connectivity index (χ3v) is 8.23. The van der Waals surface area contributed by atoms with E-state index < -0.39 is 0 Å². The first-order valence-corrected chi connectivity index (χ1v) is 14.9. The lowest BCUT2D eigenvalue weighted by molar-refractivity contribution is -0.119. The Kier molecular flexibility index (Phi) is 9.11. The average molecular weight is 607 g/mol. The maximum Gasteiger partial charge on any atom is 0.286 e. The predicted octanol–water partition coefficient (Wildman–Crippen LogP) is 6.38. The van der Waals surface area contributed by atoms with Gasteiger partial charge in [0.05, 0.1) is 26.2 Å². The summed E-state index contributed by atoms with van der Waals surface area (Å²) in [5.41, 5.74) is 7.12. The van der Waals surface area contributed by atoms with Crippen molar-refractivity contribution < 1.29 is 9.59 Å². The summed E-state index contributed by atoms with van der Waals surface area (Å²) in [6.45, 7) is 5.14. The van der Waals surface area contributed by atoms with Gasteiger partial charge in [0.1, 0.15) is 0 Å². The van der Waals surface area contributed by atoms with E-state index >= 15 is 0 Å². The molecular formula is C31H29Cl2N5O2S. The van der Waals surface area contributed by atoms with E-state index in [0.717, 1.165) is 47.7 Å². The van der Waals surface area contributed by atoms with Gasteiger partial charge in [0.2, 0.25) is 5.91 Å². The van der Waals surface area contributed by atoms with Crippen molar-refractivity contribution in [2.75, 3.05) is 13.1 Å². The number of halogens is 2. The van der Waals surface area contributed by atoms with Crippen LogP contribution in [0.5, 0.6) is 0 Å². The minimum absolute atomic E-state index is 0.112. The van der Waals surface area contributed by atoms with Gasteiger partial charge >= 0.3 is 0 Å². The van der Waals surface area contributed by atoms with Gasteiger partial charge in [0.15, 0.2) is 5.69 Å². The molecule has 2 amide bonds. The molecule has 5 rings (SSSR count). The number of hydrogen-bond donors (Lipinski definition) is 2. The van der Waals surface area contributed by atoms with Crippen LogP contribution in [0.4, 0.5) is 0 Å². The summed E-state index contributed by atoms with van der Waals surface area (Å²) in [6, 6.07) is 17.1. The Bertz CT molecular complexity index is 1640. The predicted molar refractivity (Wildman–Crippen MR) is 164 cm³/mol. The lowest BCUT2D eigenvalue weighted by Gasteiger charge is -2.26. The van der Waals surface area contributed by atoms with Gasteiger partial charge in [-0.15, -0.1) is 11.3 Å². The molecule has 10 heteroatoms. The number of nitrogens with one attached hydrogen (secondary N) is 2. The molecule has 4 aromatic rings.